The monoisotopic (exact) mass is 425 g/mol. The first-order valence-corrected chi connectivity index (χ1v) is 10.4. The highest BCUT2D eigenvalue weighted by molar-refractivity contribution is 7.89. The highest BCUT2D eigenvalue weighted by Gasteiger charge is 2.29. The Hall–Kier alpha value is -2.20. The molecule has 1 aliphatic heterocycles. The number of nitrogens with zero attached hydrogens (tertiary/aromatic N) is 3. The van der Waals surface area contributed by atoms with Crippen molar-refractivity contribution in [1.29, 1.82) is 0 Å². The Morgan fingerprint density at radius 2 is 1.82 bits per heavy atom. The molecule has 150 valence electrons. The molecule has 0 amide bonds. The van der Waals surface area contributed by atoms with Crippen molar-refractivity contribution in [2.75, 3.05) is 38.3 Å². The molecular formula is C18H20ClN3O5S. The number of morpholine rings is 1. The van der Waals surface area contributed by atoms with Crippen molar-refractivity contribution < 1.29 is 18.1 Å². The first-order valence-electron chi connectivity index (χ1n) is 8.61. The van der Waals surface area contributed by atoms with Gasteiger partial charge in [-0.05, 0) is 29.8 Å². The van der Waals surface area contributed by atoms with Crippen LogP contribution in [0.3, 0.4) is 0 Å². The number of ether oxygens (including phenoxy) is 1. The van der Waals surface area contributed by atoms with Crippen molar-refractivity contribution in [2.24, 2.45) is 0 Å². The van der Waals surface area contributed by atoms with Gasteiger partial charge in [-0.15, -0.1) is 0 Å². The highest BCUT2D eigenvalue weighted by Crippen LogP contribution is 2.32. The van der Waals surface area contributed by atoms with Crippen LogP contribution in [-0.2, 0) is 21.3 Å². The first kappa shape index (κ1) is 20.5. The molecule has 0 unspecified atom stereocenters. The van der Waals surface area contributed by atoms with E-state index in [1.54, 1.807) is 24.1 Å². The lowest BCUT2D eigenvalue weighted by Gasteiger charge is -2.26. The normalized spacial score (nSPS) is 15.4. The molecule has 0 saturated carbocycles. The zero-order valence-corrected chi connectivity index (χ0v) is 16.8. The van der Waals surface area contributed by atoms with E-state index in [4.69, 9.17) is 16.3 Å². The molecule has 1 saturated heterocycles. The third-order valence-corrected chi connectivity index (χ3v) is 6.64. The van der Waals surface area contributed by atoms with Gasteiger partial charge in [0, 0.05) is 37.8 Å². The second-order valence-corrected chi connectivity index (χ2v) is 8.78. The third kappa shape index (κ3) is 4.44. The van der Waals surface area contributed by atoms with E-state index in [1.165, 1.54) is 16.4 Å². The summed E-state index contributed by atoms with van der Waals surface area (Å²) >= 11 is 5.88. The maximum atomic E-state index is 12.8. The summed E-state index contributed by atoms with van der Waals surface area (Å²) in [5.41, 5.74) is 0.998. The van der Waals surface area contributed by atoms with E-state index in [2.05, 4.69) is 0 Å². The minimum atomic E-state index is -3.81. The quantitative estimate of drug-likeness (QED) is 0.521. The lowest BCUT2D eigenvalue weighted by Crippen LogP contribution is -2.40. The number of nitro benzene ring substituents is 1. The number of rotatable bonds is 6. The predicted octanol–water partition coefficient (Wildman–Crippen LogP) is 2.91. The van der Waals surface area contributed by atoms with Crippen molar-refractivity contribution >= 4 is 33.0 Å². The van der Waals surface area contributed by atoms with Crippen LogP contribution in [-0.4, -0.2) is 51.0 Å². The van der Waals surface area contributed by atoms with Gasteiger partial charge in [-0.2, -0.15) is 4.31 Å². The fraction of sp³-hybridized carbons (Fsp3) is 0.333. The minimum absolute atomic E-state index is 0.0928. The van der Waals surface area contributed by atoms with Crippen LogP contribution in [0.1, 0.15) is 5.56 Å². The molecule has 1 aliphatic rings. The van der Waals surface area contributed by atoms with Crippen LogP contribution in [0.4, 0.5) is 11.4 Å². The van der Waals surface area contributed by atoms with Crippen molar-refractivity contribution in [2.45, 2.75) is 11.4 Å². The van der Waals surface area contributed by atoms with Crippen LogP contribution >= 0.6 is 11.6 Å². The van der Waals surface area contributed by atoms with E-state index in [-0.39, 0.29) is 23.7 Å². The van der Waals surface area contributed by atoms with Gasteiger partial charge in [0.05, 0.1) is 23.0 Å². The number of sulfonamides is 1. The van der Waals surface area contributed by atoms with E-state index in [1.807, 2.05) is 12.1 Å². The fourth-order valence-corrected chi connectivity index (χ4v) is 4.57. The standard InChI is InChI=1S/C18H20ClN3O5S/c1-20(13-14-2-4-15(19)5-3-14)17-7-6-16(12-18(17)22(23)24)28(25,26)21-8-10-27-11-9-21/h2-7,12H,8-11,13H2,1H3. The van der Waals surface area contributed by atoms with E-state index >= 15 is 0 Å². The van der Waals surface area contributed by atoms with Crippen LogP contribution in [0.15, 0.2) is 47.4 Å². The van der Waals surface area contributed by atoms with Gasteiger partial charge in [0.2, 0.25) is 10.0 Å². The Morgan fingerprint density at radius 1 is 1.18 bits per heavy atom. The zero-order valence-electron chi connectivity index (χ0n) is 15.2. The number of halogens is 1. The molecular weight excluding hydrogens is 406 g/mol. The summed E-state index contributed by atoms with van der Waals surface area (Å²) in [6, 6.07) is 11.2. The SMILES string of the molecule is CN(Cc1ccc(Cl)cc1)c1ccc(S(=O)(=O)N2CCOCC2)cc1[N+](=O)[O-]. The molecule has 1 fully saturated rings. The van der Waals surface area contributed by atoms with E-state index in [0.717, 1.165) is 11.6 Å². The molecule has 0 aromatic heterocycles. The van der Waals surface area contributed by atoms with Gasteiger partial charge < -0.3 is 9.64 Å². The van der Waals surface area contributed by atoms with E-state index in [9.17, 15) is 18.5 Å². The Morgan fingerprint density at radius 3 is 2.43 bits per heavy atom. The molecule has 0 radical (unpaired) electrons. The molecule has 28 heavy (non-hydrogen) atoms. The molecule has 2 aromatic carbocycles. The number of anilines is 1. The summed E-state index contributed by atoms with van der Waals surface area (Å²) < 4.78 is 32.0. The molecule has 0 aliphatic carbocycles. The molecule has 0 atom stereocenters. The lowest BCUT2D eigenvalue weighted by molar-refractivity contribution is -0.384. The average molecular weight is 426 g/mol. The van der Waals surface area contributed by atoms with Crippen LogP contribution in [0, 0.1) is 10.1 Å². The van der Waals surface area contributed by atoms with Gasteiger partial charge in [0.25, 0.3) is 5.69 Å². The molecule has 0 bridgehead atoms. The van der Waals surface area contributed by atoms with Crippen LogP contribution in [0.25, 0.3) is 0 Å². The Bertz CT molecular complexity index is 960. The molecule has 10 heteroatoms. The topological polar surface area (TPSA) is 93.0 Å². The second kappa shape index (κ2) is 8.44. The van der Waals surface area contributed by atoms with Gasteiger partial charge in [0.15, 0.2) is 0 Å². The smallest absolute Gasteiger partial charge is 0.293 e. The Kier molecular flexibility index (Phi) is 6.19. The number of nitro groups is 1. The van der Waals surface area contributed by atoms with Crippen LogP contribution < -0.4 is 4.90 Å². The van der Waals surface area contributed by atoms with Crippen molar-refractivity contribution in [1.82, 2.24) is 4.31 Å². The summed E-state index contributed by atoms with van der Waals surface area (Å²) in [4.78, 5) is 12.7. The van der Waals surface area contributed by atoms with Gasteiger partial charge in [-0.25, -0.2) is 8.42 Å². The summed E-state index contributed by atoms with van der Waals surface area (Å²) in [5, 5.41) is 12.2. The molecule has 2 aromatic rings. The average Bonchev–Trinajstić information content (AvgIpc) is 2.69. The number of hydrogen-bond acceptors (Lipinski definition) is 6. The zero-order chi connectivity index (χ0) is 20.3. The van der Waals surface area contributed by atoms with Crippen LogP contribution in [0.2, 0.25) is 5.02 Å². The maximum Gasteiger partial charge on any atom is 0.293 e. The van der Waals surface area contributed by atoms with Gasteiger partial charge in [-0.3, -0.25) is 10.1 Å². The maximum absolute atomic E-state index is 12.8. The predicted molar refractivity (Wildman–Crippen MR) is 106 cm³/mol. The molecule has 3 rings (SSSR count). The Labute approximate surface area is 168 Å². The summed E-state index contributed by atoms with van der Waals surface area (Å²) in [7, 11) is -2.09. The van der Waals surface area contributed by atoms with Crippen LogP contribution in [0.5, 0.6) is 0 Å². The summed E-state index contributed by atoms with van der Waals surface area (Å²) in [5.74, 6) is 0. The van der Waals surface area contributed by atoms with Crippen molar-refractivity contribution in [3.63, 3.8) is 0 Å². The second-order valence-electron chi connectivity index (χ2n) is 6.41. The van der Waals surface area contributed by atoms with E-state index < -0.39 is 14.9 Å². The largest absolute Gasteiger partial charge is 0.379 e. The van der Waals surface area contributed by atoms with Gasteiger partial charge in [-0.1, -0.05) is 23.7 Å². The molecule has 8 nitrogen and oxygen atoms in total. The molecule has 1 heterocycles. The van der Waals surface area contributed by atoms with E-state index in [0.29, 0.717) is 30.5 Å². The van der Waals surface area contributed by atoms with Gasteiger partial charge in [0.1, 0.15) is 5.69 Å². The minimum Gasteiger partial charge on any atom is -0.379 e. The Balaban J connectivity index is 1.90. The first-order chi connectivity index (χ1) is 13.3. The highest BCUT2D eigenvalue weighted by atomic mass is 35.5. The number of benzene rings is 2. The number of hydrogen-bond donors (Lipinski definition) is 0. The summed E-state index contributed by atoms with van der Waals surface area (Å²) in [6.07, 6.45) is 0. The fourth-order valence-electron chi connectivity index (χ4n) is 3.02. The third-order valence-electron chi connectivity index (χ3n) is 4.50. The molecule has 0 N–H and O–H groups in total. The lowest BCUT2D eigenvalue weighted by atomic mass is 10.2. The van der Waals surface area contributed by atoms with Crippen molar-refractivity contribution in [3.8, 4) is 0 Å². The van der Waals surface area contributed by atoms with Crippen molar-refractivity contribution in [3.05, 3.63) is 63.2 Å². The molecule has 0 spiro atoms. The van der Waals surface area contributed by atoms with Gasteiger partial charge >= 0.3 is 0 Å². The summed E-state index contributed by atoms with van der Waals surface area (Å²) in [6.45, 7) is 1.49.